The molecule has 2 aliphatic rings. The number of rotatable bonds is 5. The molecular formula is C16H25Cl2N3O. The molecule has 2 heterocycles. The fourth-order valence-corrected chi connectivity index (χ4v) is 3.33. The Balaban J connectivity index is 0.00000176. The second-order valence-corrected chi connectivity index (χ2v) is 6.27. The van der Waals surface area contributed by atoms with Gasteiger partial charge in [-0.3, -0.25) is 9.80 Å². The Bertz CT molecular complexity index is 447. The van der Waals surface area contributed by atoms with E-state index >= 15 is 0 Å². The lowest BCUT2D eigenvalue weighted by molar-refractivity contribution is 0.0921. The molecule has 1 aromatic rings. The van der Waals surface area contributed by atoms with E-state index < -0.39 is 0 Å². The summed E-state index contributed by atoms with van der Waals surface area (Å²) in [5, 5.41) is 4.18. The summed E-state index contributed by atoms with van der Waals surface area (Å²) in [6.07, 6.45) is 1.30. The van der Waals surface area contributed by atoms with Crippen LogP contribution in [0.5, 0.6) is 5.75 Å². The molecule has 0 aliphatic carbocycles. The number of hydrogen-bond acceptors (Lipinski definition) is 4. The van der Waals surface area contributed by atoms with E-state index in [9.17, 15) is 0 Å². The highest BCUT2D eigenvalue weighted by atomic mass is 35.5. The fraction of sp³-hybridized carbons (Fsp3) is 0.625. The van der Waals surface area contributed by atoms with Crippen LogP contribution in [-0.4, -0.2) is 68.3 Å². The van der Waals surface area contributed by atoms with E-state index in [1.807, 2.05) is 24.3 Å². The zero-order chi connectivity index (χ0) is 14.5. The molecule has 3 rings (SSSR count). The molecule has 22 heavy (non-hydrogen) atoms. The number of nitrogens with one attached hydrogen (secondary N) is 1. The van der Waals surface area contributed by atoms with Gasteiger partial charge in [-0.25, -0.2) is 0 Å². The van der Waals surface area contributed by atoms with Gasteiger partial charge in [0.05, 0.1) is 0 Å². The summed E-state index contributed by atoms with van der Waals surface area (Å²) in [4.78, 5) is 5.12. The van der Waals surface area contributed by atoms with Gasteiger partial charge < -0.3 is 10.1 Å². The first-order valence-electron chi connectivity index (χ1n) is 7.87. The van der Waals surface area contributed by atoms with Crippen LogP contribution in [0.4, 0.5) is 0 Å². The monoisotopic (exact) mass is 345 g/mol. The first-order chi connectivity index (χ1) is 10.3. The average Bonchev–Trinajstić information content (AvgIpc) is 3.02. The molecule has 2 aliphatic heterocycles. The van der Waals surface area contributed by atoms with E-state index in [0.717, 1.165) is 49.6 Å². The lowest BCUT2D eigenvalue weighted by atomic mass is 10.2. The molecule has 1 N–H and O–H groups in total. The predicted octanol–water partition coefficient (Wildman–Crippen LogP) is 2.12. The van der Waals surface area contributed by atoms with E-state index in [-0.39, 0.29) is 12.4 Å². The van der Waals surface area contributed by atoms with Crippen LogP contribution in [0.15, 0.2) is 24.3 Å². The van der Waals surface area contributed by atoms with Crippen LogP contribution in [0.2, 0.25) is 5.02 Å². The summed E-state index contributed by atoms with van der Waals surface area (Å²) >= 11 is 5.95. The molecule has 6 heteroatoms. The van der Waals surface area contributed by atoms with Crippen LogP contribution in [-0.2, 0) is 0 Å². The van der Waals surface area contributed by atoms with Crippen molar-refractivity contribution in [1.82, 2.24) is 15.1 Å². The average molecular weight is 346 g/mol. The van der Waals surface area contributed by atoms with Gasteiger partial charge in [0, 0.05) is 50.3 Å². The van der Waals surface area contributed by atoms with Gasteiger partial charge >= 0.3 is 0 Å². The molecular weight excluding hydrogens is 321 g/mol. The van der Waals surface area contributed by atoms with E-state index in [1.165, 1.54) is 26.1 Å². The number of piperazine rings is 1. The van der Waals surface area contributed by atoms with E-state index in [2.05, 4.69) is 15.1 Å². The van der Waals surface area contributed by atoms with Crippen molar-refractivity contribution in [1.29, 1.82) is 0 Å². The van der Waals surface area contributed by atoms with Crippen LogP contribution in [0.3, 0.4) is 0 Å². The molecule has 0 saturated carbocycles. The van der Waals surface area contributed by atoms with Gasteiger partial charge in [-0.15, -0.1) is 12.4 Å². The summed E-state index contributed by atoms with van der Waals surface area (Å²) in [7, 11) is 0. The smallest absolute Gasteiger partial charge is 0.120 e. The Morgan fingerprint density at radius 3 is 2.73 bits per heavy atom. The van der Waals surface area contributed by atoms with Gasteiger partial charge in [0.15, 0.2) is 0 Å². The van der Waals surface area contributed by atoms with Crippen LogP contribution in [0, 0.1) is 0 Å². The molecule has 2 fully saturated rings. The fourth-order valence-electron chi connectivity index (χ4n) is 3.15. The van der Waals surface area contributed by atoms with E-state index in [4.69, 9.17) is 16.3 Å². The summed E-state index contributed by atoms with van der Waals surface area (Å²) < 4.78 is 5.77. The third kappa shape index (κ3) is 5.00. The Morgan fingerprint density at radius 1 is 1.23 bits per heavy atom. The number of ether oxygens (including phenoxy) is 1. The molecule has 1 unspecified atom stereocenters. The minimum absolute atomic E-state index is 0. The minimum atomic E-state index is 0. The van der Waals surface area contributed by atoms with Crippen molar-refractivity contribution >= 4 is 24.0 Å². The summed E-state index contributed by atoms with van der Waals surface area (Å²) in [5.74, 6) is 0.859. The van der Waals surface area contributed by atoms with Crippen LogP contribution in [0.1, 0.15) is 6.42 Å². The quantitative estimate of drug-likeness (QED) is 0.884. The summed E-state index contributed by atoms with van der Waals surface area (Å²) in [5.41, 5.74) is 0. The summed E-state index contributed by atoms with van der Waals surface area (Å²) in [6, 6.07) is 8.37. The third-order valence-electron chi connectivity index (χ3n) is 4.43. The maximum absolute atomic E-state index is 5.95. The van der Waals surface area contributed by atoms with Crippen molar-refractivity contribution in [2.45, 2.75) is 12.5 Å². The summed E-state index contributed by atoms with van der Waals surface area (Å²) in [6.45, 7) is 8.72. The van der Waals surface area contributed by atoms with Gasteiger partial charge in [-0.1, -0.05) is 17.7 Å². The molecule has 1 aromatic carbocycles. The molecule has 4 nitrogen and oxygen atoms in total. The lowest BCUT2D eigenvalue weighted by Crippen LogP contribution is -2.51. The molecule has 0 spiro atoms. The van der Waals surface area contributed by atoms with Gasteiger partial charge in [0.25, 0.3) is 0 Å². The van der Waals surface area contributed by atoms with Crippen LogP contribution in [0.25, 0.3) is 0 Å². The Labute approximate surface area is 144 Å². The predicted molar refractivity (Wildman–Crippen MR) is 93.5 cm³/mol. The van der Waals surface area contributed by atoms with Crippen molar-refractivity contribution in [3.63, 3.8) is 0 Å². The van der Waals surface area contributed by atoms with Crippen molar-refractivity contribution in [2.75, 3.05) is 52.4 Å². The second-order valence-electron chi connectivity index (χ2n) is 5.83. The van der Waals surface area contributed by atoms with Gasteiger partial charge in [-0.05, 0) is 31.2 Å². The number of benzene rings is 1. The molecule has 1 atom stereocenters. The van der Waals surface area contributed by atoms with Gasteiger partial charge in [-0.2, -0.15) is 0 Å². The molecule has 0 aromatic heterocycles. The minimum Gasteiger partial charge on any atom is -0.492 e. The highest BCUT2D eigenvalue weighted by Crippen LogP contribution is 2.17. The first-order valence-corrected chi connectivity index (χ1v) is 8.24. The SMILES string of the molecule is Cl.Clc1cccc(OCCN2CCN(C3CCNC3)CC2)c1. The standard InChI is InChI=1S/C16H24ClN3O.ClH/c17-14-2-1-3-16(12-14)21-11-10-19-6-8-20(9-7-19)15-4-5-18-13-15;/h1-3,12,15,18H,4-11,13H2;1H. The maximum Gasteiger partial charge on any atom is 0.120 e. The number of halogens is 2. The maximum atomic E-state index is 5.95. The second kappa shape index (κ2) is 8.94. The van der Waals surface area contributed by atoms with E-state index in [1.54, 1.807) is 0 Å². The van der Waals surface area contributed by atoms with Crippen molar-refractivity contribution < 1.29 is 4.74 Å². The van der Waals surface area contributed by atoms with Crippen molar-refractivity contribution in [2.24, 2.45) is 0 Å². The zero-order valence-electron chi connectivity index (χ0n) is 12.8. The molecule has 124 valence electrons. The molecule has 0 bridgehead atoms. The molecule has 0 amide bonds. The first kappa shape index (κ1) is 17.8. The Morgan fingerprint density at radius 2 is 2.05 bits per heavy atom. The number of nitrogens with zero attached hydrogens (tertiary/aromatic N) is 2. The highest BCUT2D eigenvalue weighted by molar-refractivity contribution is 6.30. The molecule has 2 saturated heterocycles. The normalized spacial score (nSPS) is 23.2. The largest absolute Gasteiger partial charge is 0.492 e. The van der Waals surface area contributed by atoms with Crippen LogP contribution < -0.4 is 10.1 Å². The van der Waals surface area contributed by atoms with Gasteiger partial charge in [0.1, 0.15) is 12.4 Å². The number of hydrogen-bond donors (Lipinski definition) is 1. The highest BCUT2D eigenvalue weighted by Gasteiger charge is 2.25. The lowest BCUT2D eigenvalue weighted by Gasteiger charge is -2.37. The van der Waals surface area contributed by atoms with Crippen molar-refractivity contribution in [3.8, 4) is 5.75 Å². The molecule has 0 radical (unpaired) electrons. The topological polar surface area (TPSA) is 27.7 Å². The van der Waals surface area contributed by atoms with Gasteiger partial charge in [0.2, 0.25) is 0 Å². The van der Waals surface area contributed by atoms with E-state index in [0.29, 0.717) is 0 Å². The van der Waals surface area contributed by atoms with Crippen LogP contribution >= 0.6 is 24.0 Å². The van der Waals surface area contributed by atoms with Crippen molar-refractivity contribution in [3.05, 3.63) is 29.3 Å². The Kier molecular flexibility index (Phi) is 7.25. The third-order valence-corrected chi connectivity index (χ3v) is 4.67. The Hall–Kier alpha value is -0.520. The zero-order valence-corrected chi connectivity index (χ0v) is 14.4.